The Kier molecular flexibility index (Phi) is 5.76. The van der Waals surface area contributed by atoms with Crippen LogP contribution in [0.2, 0.25) is 0 Å². The number of nitro groups is 1. The molecule has 0 saturated heterocycles. The lowest BCUT2D eigenvalue weighted by atomic mass is 9.90. The first-order valence-corrected chi connectivity index (χ1v) is 8.12. The van der Waals surface area contributed by atoms with E-state index in [0.717, 1.165) is 4.47 Å². The van der Waals surface area contributed by atoms with Crippen molar-refractivity contribution in [1.29, 1.82) is 0 Å². The predicted octanol–water partition coefficient (Wildman–Crippen LogP) is 3.14. The van der Waals surface area contributed by atoms with E-state index in [4.69, 9.17) is 4.74 Å². The van der Waals surface area contributed by atoms with Crippen molar-refractivity contribution in [3.8, 4) is 0 Å². The summed E-state index contributed by atoms with van der Waals surface area (Å²) in [6.07, 6.45) is 0. The first kappa shape index (κ1) is 18.9. The van der Waals surface area contributed by atoms with Crippen LogP contribution in [0.5, 0.6) is 0 Å². The van der Waals surface area contributed by atoms with Crippen molar-refractivity contribution in [1.82, 2.24) is 0 Å². The maximum atomic E-state index is 12.5. The van der Waals surface area contributed by atoms with Crippen LogP contribution in [-0.2, 0) is 15.1 Å². The SMILES string of the molecule is COC(=O)C(CO)(Nc1ccc(C)cc1[N+](=O)[O-])c1ccc(Br)cc1. The molecule has 0 spiro atoms. The third-order valence-electron chi connectivity index (χ3n) is 3.81. The molecule has 0 aliphatic carbocycles. The molecule has 0 aromatic heterocycles. The summed E-state index contributed by atoms with van der Waals surface area (Å²) in [7, 11) is 1.19. The average molecular weight is 409 g/mol. The monoisotopic (exact) mass is 408 g/mol. The van der Waals surface area contributed by atoms with Crippen LogP contribution in [0.3, 0.4) is 0 Å². The summed E-state index contributed by atoms with van der Waals surface area (Å²) in [5, 5.41) is 24.2. The molecule has 0 aliphatic heterocycles. The van der Waals surface area contributed by atoms with Gasteiger partial charge < -0.3 is 15.2 Å². The van der Waals surface area contributed by atoms with Gasteiger partial charge in [-0.1, -0.05) is 34.1 Å². The molecule has 1 atom stereocenters. The minimum absolute atomic E-state index is 0.109. The lowest BCUT2D eigenvalue weighted by molar-refractivity contribution is -0.384. The first-order valence-electron chi connectivity index (χ1n) is 7.32. The Morgan fingerprint density at radius 3 is 2.48 bits per heavy atom. The highest BCUT2D eigenvalue weighted by molar-refractivity contribution is 9.10. The van der Waals surface area contributed by atoms with Gasteiger partial charge in [-0.3, -0.25) is 10.1 Å². The summed E-state index contributed by atoms with van der Waals surface area (Å²) in [4.78, 5) is 23.3. The number of aliphatic hydroxyl groups is 1. The smallest absolute Gasteiger partial charge is 0.338 e. The number of hydrogen-bond acceptors (Lipinski definition) is 6. The Labute approximate surface area is 152 Å². The Bertz CT molecular complexity index is 794. The fraction of sp³-hybridized carbons (Fsp3) is 0.235. The van der Waals surface area contributed by atoms with Gasteiger partial charge in [0, 0.05) is 10.5 Å². The number of aliphatic hydroxyl groups excluding tert-OH is 1. The van der Waals surface area contributed by atoms with Gasteiger partial charge in [0.15, 0.2) is 5.54 Å². The van der Waals surface area contributed by atoms with Crippen LogP contribution in [-0.4, -0.2) is 29.7 Å². The molecule has 2 aromatic rings. The number of carbonyl (C=O) groups is 1. The van der Waals surface area contributed by atoms with E-state index in [1.54, 1.807) is 37.3 Å². The van der Waals surface area contributed by atoms with E-state index in [1.165, 1.54) is 19.2 Å². The number of nitrogens with one attached hydrogen (secondary N) is 1. The van der Waals surface area contributed by atoms with E-state index >= 15 is 0 Å². The fourth-order valence-corrected chi connectivity index (χ4v) is 2.74. The number of rotatable bonds is 6. The topological polar surface area (TPSA) is 102 Å². The van der Waals surface area contributed by atoms with Crippen molar-refractivity contribution in [2.45, 2.75) is 12.5 Å². The minimum Gasteiger partial charge on any atom is -0.467 e. The van der Waals surface area contributed by atoms with E-state index in [-0.39, 0.29) is 11.4 Å². The molecule has 132 valence electrons. The number of nitro benzene ring substituents is 1. The molecule has 25 heavy (non-hydrogen) atoms. The standard InChI is InChI=1S/C17H17BrN2O5/c1-11-3-8-14(15(9-11)20(23)24)19-17(10-21,16(22)25-2)12-4-6-13(18)7-5-12/h3-9,19,21H,10H2,1-2H3. The molecule has 2 aromatic carbocycles. The third kappa shape index (κ3) is 3.80. The molecule has 0 saturated carbocycles. The van der Waals surface area contributed by atoms with Gasteiger partial charge in [0.05, 0.1) is 18.6 Å². The Morgan fingerprint density at radius 2 is 1.96 bits per heavy atom. The Morgan fingerprint density at radius 1 is 1.32 bits per heavy atom. The van der Waals surface area contributed by atoms with Crippen molar-refractivity contribution in [3.63, 3.8) is 0 Å². The predicted molar refractivity (Wildman–Crippen MR) is 96.4 cm³/mol. The molecular weight excluding hydrogens is 392 g/mol. The van der Waals surface area contributed by atoms with Gasteiger partial charge in [0.25, 0.3) is 5.69 Å². The van der Waals surface area contributed by atoms with Crippen molar-refractivity contribution >= 4 is 33.3 Å². The van der Waals surface area contributed by atoms with Gasteiger partial charge in [-0.05, 0) is 36.2 Å². The number of carbonyl (C=O) groups excluding carboxylic acids is 1. The van der Waals surface area contributed by atoms with Crippen LogP contribution < -0.4 is 5.32 Å². The van der Waals surface area contributed by atoms with Crippen LogP contribution in [0.15, 0.2) is 46.9 Å². The minimum atomic E-state index is -1.67. The zero-order valence-electron chi connectivity index (χ0n) is 13.7. The van der Waals surface area contributed by atoms with Gasteiger partial charge in [0.2, 0.25) is 0 Å². The molecular formula is C17H17BrN2O5. The number of esters is 1. The number of nitrogens with zero attached hydrogens (tertiary/aromatic N) is 1. The van der Waals surface area contributed by atoms with Crippen LogP contribution >= 0.6 is 15.9 Å². The molecule has 0 heterocycles. The summed E-state index contributed by atoms with van der Waals surface area (Å²) >= 11 is 3.31. The molecule has 0 amide bonds. The van der Waals surface area contributed by atoms with E-state index < -0.39 is 23.0 Å². The van der Waals surface area contributed by atoms with Gasteiger partial charge >= 0.3 is 5.97 Å². The number of methoxy groups -OCH3 is 1. The summed E-state index contributed by atoms with van der Waals surface area (Å²) < 4.78 is 5.63. The molecule has 0 radical (unpaired) electrons. The van der Waals surface area contributed by atoms with E-state index in [1.807, 2.05) is 0 Å². The second kappa shape index (κ2) is 7.62. The first-order chi connectivity index (χ1) is 11.8. The maximum absolute atomic E-state index is 12.5. The highest BCUT2D eigenvalue weighted by Gasteiger charge is 2.42. The molecule has 2 N–H and O–H groups in total. The molecule has 7 nitrogen and oxygen atoms in total. The largest absolute Gasteiger partial charge is 0.467 e. The molecule has 0 fully saturated rings. The van der Waals surface area contributed by atoms with Gasteiger partial charge in [-0.15, -0.1) is 0 Å². The van der Waals surface area contributed by atoms with E-state index in [0.29, 0.717) is 11.1 Å². The normalized spacial score (nSPS) is 13.0. The van der Waals surface area contributed by atoms with Gasteiger partial charge in [-0.2, -0.15) is 0 Å². The van der Waals surface area contributed by atoms with E-state index in [9.17, 15) is 20.0 Å². The lowest BCUT2D eigenvalue weighted by Gasteiger charge is -2.31. The second-order valence-corrected chi connectivity index (χ2v) is 6.38. The van der Waals surface area contributed by atoms with Crippen molar-refractivity contribution in [2.75, 3.05) is 19.0 Å². The van der Waals surface area contributed by atoms with Crippen LogP contribution in [0, 0.1) is 17.0 Å². The van der Waals surface area contributed by atoms with Crippen LogP contribution in [0.25, 0.3) is 0 Å². The lowest BCUT2D eigenvalue weighted by Crippen LogP contribution is -2.47. The maximum Gasteiger partial charge on any atom is 0.338 e. The quantitative estimate of drug-likeness (QED) is 0.432. The van der Waals surface area contributed by atoms with Gasteiger partial charge in [-0.25, -0.2) is 4.79 Å². The van der Waals surface area contributed by atoms with Crippen molar-refractivity contribution in [3.05, 3.63) is 68.2 Å². The Balaban J connectivity index is 2.60. The second-order valence-electron chi connectivity index (χ2n) is 5.46. The number of ether oxygens (including phenoxy) is 1. The van der Waals surface area contributed by atoms with Crippen LogP contribution in [0.4, 0.5) is 11.4 Å². The van der Waals surface area contributed by atoms with Crippen molar-refractivity contribution < 1.29 is 19.6 Å². The van der Waals surface area contributed by atoms with Crippen LogP contribution in [0.1, 0.15) is 11.1 Å². The zero-order valence-corrected chi connectivity index (χ0v) is 15.2. The summed E-state index contributed by atoms with van der Waals surface area (Å²) in [6.45, 7) is 1.08. The van der Waals surface area contributed by atoms with Gasteiger partial charge in [0.1, 0.15) is 5.69 Å². The van der Waals surface area contributed by atoms with Crippen molar-refractivity contribution in [2.24, 2.45) is 0 Å². The zero-order chi connectivity index (χ0) is 18.6. The average Bonchev–Trinajstić information content (AvgIpc) is 2.60. The third-order valence-corrected chi connectivity index (χ3v) is 4.33. The Hall–Kier alpha value is -2.45. The molecule has 2 rings (SSSR count). The molecule has 0 bridgehead atoms. The summed E-state index contributed by atoms with van der Waals surface area (Å²) in [6, 6.07) is 11.2. The number of aryl methyl sites for hydroxylation is 1. The number of halogens is 1. The van der Waals surface area contributed by atoms with E-state index in [2.05, 4.69) is 21.2 Å². The summed E-state index contributed by atoms with van der Waals surface area (Å²) in [5.41, 5.74) is -0.638. The molecule has 1 unspecified atom stereocenters. The number of anilines is 1. The number of benzene rings is 2. The fourth-order valence-electron chi connectivity index (χ4n) is 2.47. The molecule has 8 heteroatoms. The molecule has 0 aliphatic rings. The number of hydrogen-bond donors (Lipinski definition) is 2. The highest BCUT2D eigenvalue weighted by Crippen LogP contribution is 2.34. The summed E-state index contributed by atoms with van der Waals surface area (Å²) in [5.74, 6) is -0.757. The highest BCUT2D eigenvalue weighted by atomic mass is 79.9.